The van der Waals surface area contributed by atoms with Gasteiger partial charge >= 0.3 is 0 Å². The number of carbonyl (C=O) groups is 1. The Kier molecular flexibility index (Phi) is 6.03. The van der Waals surface area contributed by atoms with E-state index in [-0.39, 0.29) is 29.9 Å². The fraction of sp³-hybridized carbons (Fsp3) is 0.316. The molecule has 0 aliphatic carbocycles. The molecule has 2 aromatic rings. The number of hydrogen-bond donors (Lipinski definition) is 1. The average Bonchev–Trinajstić information content (AvgIpc) is 2.69. The number of benzene rings is 2. The molecule has 1 saturated heterocycles. The molecule has 3 rings (SSSR count). The molecule has 26 heavy (non-hydrogen) atoms. The Morgan fingerprint density at radius 2 is 1.73 bits per heavy atom. The highest BCUT2D eigenvalue weighted by molar-refractivity contribution is 7.89. The van der Waals surface area contributed by atoms with Gasteiger partial charge in [0.05, 0.1) is 18.0 Å². The summed E-state index contributed by atoms with van der Waals surface area (Å²) < 4.78 is 32.6. The maximum atomic E-state index is 12.4. The molecule has 1 aliphatic rings. The summed E-state index contributed by atoms with van der Waals surface area (Å²) in [4.78, 5) is 14.4. The molecule has 0 bridgehead atoms. The summed E-state index contributed by atoms with van der Waals surface area (Å²) in [5.41, 5.74) is 1.04. The molecule has 1 N–H and O–H groups in total. The standard InChI is InChI=1S/C19H22N2O4S/c22-19(11-12-20-26(23,24)17-9-5-2-6-10-17)21-13-14-25-18(15-21)16-7-3-1-4-8-16/h1-10,18,20H,11-15H2/t18-/m0/s1. The van der Waals surface area contributed by atoms with Crippen molar-refractivity contribution in [2.45, 2.75) is 17.4 Å². The van der Waals surface area contributed by atoms with Crippen LogP contribution in [0.15, 0.2) is 65.6 Å². The van der Waals surface area contributed by atoms with Crippen molar-refractivity contribution in [2.75, 3.05) is 26.2 Å². The second kappa shape index (κ2) is 8.44. The summed E-state index contributed by atoms with van der Waals surface area (Å²) in [6, 6.07) is 17.9. The molecular weight excluding hydrogens is 352 g/mol. The summed E-state index contributed by atoms with van der Waals surface area (Å²) in [5, 5.41) is 0. The molecule has 6 nitrogen and oxygen atoms in total. The number of hydrogen-bond acceptors (Lipinski definition) is 4. The van der Waals surface area contributed by atoms with E-state index in [9.17, 15) is 13.2 Å². The van der Waals surface area contributed by atoms with Crippen molar-refractivity contribution < 1.29 is 17.9 Å². The van der Waals surface area contributed by atoms with E-state index in [0.717, 1.165) is 5.56 Å². The van der Waals surface area contributed by atoms with Crippen LogP contribution in [-0.4, -0.2) is 45.5 Å². The van der Waals surface area contributed by atoms with Crippen molar-refractivity contribution in [3.05, 3.63) is 66.2 Å². The summed E-state index contributed by atoms with van der Waals surface area (Å²) in [6.07, 6.45) is -0.0250. The van der Waals surface area contributed by atoms with Gasteiger partial charge in [0.25, 0.3) is 0 Å². The van der Waals surface area contributed by atoms with Gasteiger partial charge in [-0.3, -0.25) is 4.79 Å². The second-order valence-corrected chi connectivity index (χ2v) is 7.84. The third kappa shape index (κ3) is 4.69. The minimum Gasteiger partial charge on any atom is -0.370 e. The summed E-state index contributed by atoms with van der Waals surface area (Å²) in [5.74, 6) is -0.0787. The zero-order valence-electron chi connectivity index (χ0n) is 14.4. The summed E-state index contributed by atoms with van der Waals surface area (Å²) >= 11 is 0. The highest BCUT2D eigenvalue weighted by Gasteiger charge is 2.25. The van der Waals surface area contributed by atoms with Gasteiger partial charge in [0, 0.05) is 19.5 Å². The molecule has 1 heterocycles. The Morgan fingerprint density at radius 3 is 2.42 bits per heavy atom. The number of amides is 1. The molecule has 1 amide bonds. The lowest BCUT2D eigenvalue weighted by Crippen LogP contribution is -2.43. The number of ether oxygens (including phenoxy) is 1. The highest BCUT2D eigenvalue weighted by Crippen LogP contribution is 2.22. The van der Waals surface area contributed by atoms with Crippen LogP contribution in [0.1, 0.15) is 18.1 Å². The van der Waals surface area contributed by atoms with Crippen molar-refractivity contribution in [1.82, 2.24) is 9.62 Å². The Hall–Kier alpha value is -2.22. The van der Waals surface area contributed by atoms with E-state index in [2.05, 4.69) is 4.72 Å². The van der Waals surface area contributed by atoms with Gasteiger partial charge in [-0.25, -0.2) is 13.1 Å². The molecular formula is C19H22N2O4S. The van der Waals surface area contributed by atoms with E-state index in [1.165, 1.54) is 12.1 Å². The van der Waals surface area contributed by atoms with Crippen LogP contribution in [0.5, 0.6) is 0 Å². The summed E-state index contributed by atoms with van der Waals surface area (Å²) in [7, 11) is -3.59. The summed E-state index contributed by atoms with van der Waals surface area (Å²) in [6.45, 7) is 1.55. The lowest BCUT2D eigenvalue weighted by molar-refractivity contribution is -0.138. The molecule has 0 saturated carbocycles. The van der Waals surface area contributed by atoms with Gasteiger partial charge in [-0.1, -0.05) is 48.5 Å². The zero-order valence-corrected chi connectivity index (χ0v) is 15.2. The van der Waals surface area contributed by atoms with Crippen LogP contribution < -0.4 is 4.72 Å². The smallest absolute Gasteiger partial charge is 0.240 e. The number of nitrogens with one attached hydrogen (secondary N) is 1. The minimum absolute atomic E-state index is 0.0728. The van der Waals surface area contributed by atoms with E-state index in [4.69, 9.17) is 4.74 Å². The molecule has 0 spiro atoms. The predicted octanol–water partition coefficient (Wildman–Crippen LogP) is 1.96. The second-order valence-electron chi connectivity index (χ2n) is 6.07. The highest BCUT2D eigenvalue weighted by atomic mass is 32.2. The third-order valence-electron chi connectivity index (χ3n) is 4.27. The first-order valence-electron chi connectivity index (χ1n) is 8.55. The van der Waals surface area contributed by atoms with Crippen LogP contribution in [0, 0.1) is 0 Å². The van der Waals surface area contributed by atoms with Crippen LogP contribution >= 0.6 is 0 Å². The van der Waals surface area contributed by atoms with Gasteiger partial charge in [-0.15, -0.1) is 0 Å². The molecule has 1 atom stereocenters. The minimum atomic E-state index is -3.59. The molecule has 7 heteroatoms. The molecule has 138 valence electrons. The molecule has 1 fully saturated rings. The number of sulfonamides is 1. The Morgan fingerprint density at radius 1 is 1.08 bits per heavy atom. The maximum Gasteiger partial charge on any atom is 0.240 e. The number of morpholine rings is 1. The Labute approximate surface area is 153 Å². The van der Waals surface area contributed by atoms with Crippen molar-refractivity contribution in [1.29, 1.82) is 0 Å². The van der Waals surface area contributed by atoms with Gasteiger partial charge in [-0.05, 0) is 17.7 Å². The molecule has 2 aromatic carbocycles. The van der Waals surface area contributed by atoms with Crippen molar-refractivity contribution in [2.24, 2.45) is 0 Å². The van der Waals surface area contributed by atoms with E-state index in [1.54, 1.807) is 23.1 Å². The molecule has 1 aliphatic heterocycles. The van der Waals surface area contributed by atoms with Crippen LogP contribution in [0.25, 0.3) is 0 Å². The van der Waals surface area contributed by atoms with E-state index in [0.29, 0.717) is 19.7 Å². The molecule has 0 radical (unpaired) electrons. The zero-order chi connectivity index (χ0) is 18.4. The first-order valence-corrected chi connectivity index (χ1v) is 10.0. The fourth-order valence-electron chi connectivity index (χ4n) is 2.88. The van der Waals surface area contributed by atoms with Gasteiger partial charge in [0.2, 0.25) is 15.9 Å². The van der Waals surface area contributed by atoms with Crippen LogP contribution in [0.3, 0.4) is 0 Å². The fourth-order valence-corrected chi connectivity index (χ4v) is 3.93. The quantitative estimate of drug-likeness (QED) is 0.839. The maximum absolute atomic E-state index is 12.4. The SMILES string of the molecule is O=C(CCNS(=O)(=O)c1ccccc1)N1CCO[C@H](c2ccccc2)C1. The Balaban J connectivity index is 1.52. The number of rotatable bonds is 6. The Bertz CT molecular complexity index is 825. The van der Waals surface area contributed by atoms with Gasteiger partial charge in [-0.2, -0.15) is 0 Å². The lowest BCUT2D eigenvalue weighted by atomic mass is 10.1. The number of carbonyl (C=O) groups excluding carboxylic acids is 1. The first-order chi connectivity index (χ1) is 12.6. The van der Waals surface area contributed by atoms with Gasteiger partial charge in [0.1, 0.15) is 6.10 Å². The monoisotopic (exact) mass is 374 g/mol. The molecule has 0 aromatic heterocycles. The lowest BCUT2D eigenvalue weighted by Gasteiger charge is -2.33. The van der Waals surface area contributed by atoms with Crippen molar-refractivity contribution in [3.63, 3.8) is 0 Å². The largest absolute Gasteiger partial charge is 0.370 e. The average molecular weight is 374 g/mol. The topological polar surface area (TPSA) is 75.7 Å². The van der Waals surface area contributed by atoms with Gasteiger partial charge < -0.3 is 9.64 Å². The van der Waals surface area contributed by atoms with Crippen LogP contribution in [0.2, 0.25) is 0 Å². The van der Waals surface area contributed by atoms with Crippen LogP contribution in [-0.2, 0) is 19.6 Å². The van der Waals surface area contributed by atoms with Crippen molar-refractivity contribution >= 4 is 15.9 Å². The first kappa shape index (κ1) is 18.6. The van der Waals surface area contributed by atoms with Crippen molar-refractivity contribution in [3.8, 4) is 0 Å². The van der Waals surface area contributed by atoms with E-state index in [1.807, 2.05) is 30.3 Å². The molecule has 0 unspecified atom stereocenters. The third-order valence-corrected chi connectivity index (χ3v) is 5.75. The van der Waals surface area contributed by atoms with E-state index >= 15 is 0 Å². The van der Waals surface area contributed by atoms with E-state index < -0.39 is 10.0 Å². The predicted molar refractivity (Wildman–Crippen MR) is 98.0 cm³/mol. The van der Waals surface area contributed by atoms with Crippen LogP contribution in [0.4, 0.5) is 0 Å². The number of nitrogens with zero attached hydrogens (tertiary/aromatic N) is 1. The van der Waals surface area contributed by atoms with Gasteiger partial charge in [0.15, 0.2) is 0 Å². The normalized spacial score (nSPS) is 17.8.